The maximum atomic E-state index is 8.81. The van der Waals surface area contributed by atoms with Gasteiger partial charge in [-0.15, -0.1) is 0 Å². The summed E-state index contributed by atoms with van der Waals surface area (Å²) in [6.45, 7) is 2.05. The molecule has 2 N–H and O–H groups in total. The largest absolute Gasteiger partial charge is 0.474 e. The van der Waals surface area contributed by atoms with E-state index < -0.39 is 0 Å². The molecule has 1 fully saturated rings. The first kappa shape index (κ1) is 16.6. The Morgan fingerprint density at radius 1 is 1.33 bits per heavy atom. The summed E-state index contributed by atoms with van der Waals surface area (Å²) in [5, 5.41) is 12.2. The third-order valence-electron chi connectivity index (χ3n) is 4.30. The second-order valence-electron chi connectivity index (χ2n) is 5.96. The van der Waals surface area contributed by atoms with Crippen molar-refractivity contribution in [3.8, 4) is 5.88 Å². The number of ether oxygens (including phenoxy) is 1. The second kappa shape index (κ2) is 8.03. The molecule has 0 aromatic carbocycles. The van der Waals surface area contributed by atoms with Gasteiger partial charge in [-0.25, -0.2) is 0 Å². The smallest absolute Gasteiger partial charge is 0.234 e. The van der Waals surface area contributed by atoms with Gasteiger partial charge in [0.25, 0.3) is 0 Å². The van der Waals surface area contributed by atoms with Gasteiger partial charge in [-0.3, -0.25) is 14.9 Å². The fourth-order valence-electron chi connectivity index (χ4n) is 3.21. The lowest BCUT2D eigenvalue weighted by atomic mass is 9.95. The van der Waals surface area contributed by atoms with Crippen LogP contribution >= 0.6 is 0 Å². The van der Waals surface area contributed by atoms with E-state index in [0.717, 1.165) is 19.5 Å². The molecule has 7 heteroatoms. The van der Waals surface area contributed by atoms with Gasteiger partial charge in [-0.1, -0.05) is 6.07 Å². The molecule has 7 nitrogen and oxygen atoms in total. The number of aliphatic hydroxyl groups is 1. The van der Waals surface area contributed by atoms with Crippen LogP contribution < -0.4 is 10.1 Å². The molecule has 128 valence electrons. The molecule has 1 saturated heterocycles. The first-order valence-electron chi connectivity index (χ1n) is 8.17. The van der Waals surface area contributed by atoms with E-state index in [2.05, 4.69) is 38.3 Å². The number of hydrogen-bond donors (Lipinski definition) is 2. The van der Waals surface area contributed by atoms with Crippen molar-refractivity contribution in [3.63, 3.8) is 0 Å². The predicted octanol–water partition coefficient (Wildman–Crippen LogP) is 1.35. The molecule has 3 rings (SSSR count). The number of nitrogens with one attached hydrogen (secondary N) is 1. The molecule has 3 heterocycles. The van der Waals surface area contributed by atoms with Crippen LogP contribution in [0.25, 0.3) is 0 Å². The van der Waals surface area contributed by atoms with Crippen LogP contribution in [-0.4, -0.2) is 58.3 Å². The third-order valence-corrected chi connectivity index (χ3v) is 4.30. The molecule has 24 heavy (non-hydrogen) atoms. The molecule has 1 aliphatic heterocycles. The summed E-state index contributed by atoms with van der Waals surface area (Å²) in [5.74, 6) is 1.58. The summed E-state index contributed by atoms with van der Waals surface area (Å²) in [4.78, 5) is 15.1. The summed E-state index contributed by atoms with van der Waals surface area (Å²) in [6.07, 6.45) is 8.10. The Balaban J connectivity index is 1.63. The van der Waals surface area contributed by atoms with Gasteiger partial charge in [0.1, 0.15) is 12.4 Å². The number of aromatic nitrogens is 3. The molecule has 0 aliphatic carbocycles. The third kappa shape index (κ3) is 3.98. The van der Waals surface area contributed by atoms with Gasteiger partial charge >= 0.3 is 0 Å². The Kier molecular flexibility index (Phi) is 5.55. The standard InChI is InChI=1S/C17H23N5O2/c1-22-6-4-14(17(22)13-3-2-5-18-9-13)10-20-15-11-19-12-16(21-15)24-8-7-23/h2-3,5,9,11-12,14,17,23H,4,6-8,10H2,1H3,(H,20,21)/t14-,17-/m0/s1. The van der Waals surface area contributed by atoms with Gasteiger partial charge in [-0.2, -0.15) is 4.98 Å². The molecule has 2 aromatic rings. The minimum Gasteiger partial charge on any atom is -0.474 e. The lowest BCUT2D eigenvalue weighted by Gasteiger charge is -2.25. The van der Waals surface area contributed by atoms with Crippen molar-refractivity contribution in [1.29, 1.82) is 0 Å². The van der Waals surface area contributed by atoms with Crippen LogP contribution in [0.2, 0.25) is 0 Å². The first-order chi connectivity index (χ1) is 11.8. The van der Waals surface area contributed by atoms with Crippen molar-refractivity contribution in [3.05, 3.63) is 42.5 Å². The van der Waals surface area contributed by atoms with Crippen LogP contribution in [0.3, 0.4) is 0 Å². The SMILES string of the molecule is CN1CC[C@@H](CNc2cncc(OCCO)n2)[C@@H]1c1cccnc1. The molecule has 0 radical (unpaired) electrons. The van der Waals surface area contributed by atoms with E-state index >= 15 is 0 Å². The van der Waals surface area contributed by atoms with E-state index in [1.54, 1.807) is 18.6 Å². The Morgan fingerprint density at radius 2 is 2.25 bits per heavy atom. The van der Waals surface area contributed by atoms with E-state index in [9.17, 15) is 0 Å². The number of aliphatic hydroxyl groups excluding tert-OH is 1. The number of nitrogens with zero attached hydrogens (tertiary/aromatic N) is 4. The van der Waals surface area contributed by atoms with E-state index in [0.29, 0.717) is 23.7 Å². The van der Waals surface area contributed by atoms with Crippen LogP contribution in [0, 0.1) is 5.92 Å². The highest BCUT2D eigenvalue weighted by Crippen LogP contribution is 2.35. The van der Waals surface area contributed by atoms with E-state index in [-0.39, 0.29) is 13.2 Å². The van der Waals surface area contributed by atoms with E-state index in [1.165, 1.54) is 5.56 Å². The topological polar surface area (TPSA) is 83.4 Å². The summed E-state index contributed by atoms with van der Waals surface area (Å²) in [5.41, 5.74) is 1.25. The molecule has 0 spiro atoms. The lowest BCUT2D eigenvalue weighted by Crippen LogP contribution is -2.25. The molecule has 2 atom stereocenters. The van der Waals surface area contributed by atoms with Crippen LogP contribution in [-0.2, 0) is 0 Å². The first-order valence-corrected chi connectivity index (χ1v) is 8.17. The van der Waals surface area contributed by atoms with Crippen LogP contribution in [0.1, 0.15) is 18.0 Å². The molecule has 2 aromatic heterocycles. The van der Waals surface area contributed by atoms with Gasteiger partial charge < -0.3 is 15.2 Å². The molecule has 0 amide bonds. The number of likely N-dealkylation sites (tertiary alicyclic amines) is 1. The minimum atomic E-state index is -0.0411. The second-order valence-corrected chi connectivity index (χ2v) is 5.96. The maximum absolute atomic E-state index is 8.81. The Morgan fingerprint density at radius 3 is 3.04 bits per heavy atom. The highest BCUT2D eigenvalue weighted by molar-refractivity contribution is 5.33. The van der Waals surface area contributed by atoms with Crippen molar-refractivity contribution in [2.45, 2.75) is 12.5 Å². The molecule has 0 saturated carbocycles. The Bertz CT molecular complexity index is 640. The number of hydrogen-bond acceptors (Lipinski definition) is 7. The number of anilines is 1. The highest BCUT2D eigenvalue weighted by Gasteiger charge is 2.32. The summed E-state index contributed by atoms with van der Waals surface area (Å²) >= 11 is 0. The Labute approximate surface area is 141 Å². The van der Waals surface area contributed by atoms with Crippen molar-refractivity contribution in [2.24, 2.45) is 5.92 Å². The van der Waals surface area contributed by atoms with Crippen LogP contribution in [0.4, 0.5) is 5.82 Å². The highest BCUT2D eigenvalue weighted by atomic mass is 16.5. The minimum absolute atomic E-state index is 0.0411. The van der Waals surface area contributed by atoms with Gasteiger partial charge in [0.05, 0.1) is 19.0 Å². The van der Waals surface area contributed by atoms with Crippen molar-refractivity contribution in [1.82, 2.24) is 19.9 Å². The van der Waals surface area contributed by atoms with Gasteiger partial charge in [-0.05, 0) is 37.6 Å². The van der Waals surface area contributed by atoms with Gasteiger partial charge in [0, 0.05) is 25.0 Å². The fourth-order valence-corrected chi connectivity index (χ4v) is 3.21. The maximum Gasteiger partial charge on any atom is 0.234 e. The lowest BCUT2D eigenvalue weighted by molar-refractivity contribution is 0.196. The molecule has 0 unspecified atom stereocenters. The van der Waals surface area contributed by atoms with E-state index in [1.807, 2.05) is 12.3 Å². The van der Waals surface area contributed by atoms with Gasteiger partial charge in [0.15, 0.2) is 0 Å². The Hall–Kier alpha value is -2.25. The molecule has 0 bridgehead atoms. The van der Waals surface area contributed by atoms with Crippen molar-refractivity contribution in [2.75, 3.05) is 38.7 Å². The zero-order valence-electron chi connectivity index (χ0n) is 13.8. The normalized spacial score (nSPS) is 20.9. The summed E-state index contributed by atoms with van der Waals surface area (Å²) in [6, 6.07) is 4.47. The van der Waals surface area contributed by atoms with E-state index in [4.69, 9.17) is 9.84 Å². The summed E-state index contributed by atoms with van der Waals surface area (Å²) < 4.78 is 5.30. The average molecular weight is 329 g/mol. The zero-order valence-corrected chi connectivity index (χ0v) is 13.8. The molecular weight excluding hydrogens is 306 g/mol. The van der Waals surface area contributed by atoms with Crippen molar-refractivity contribution < 1.29 is 9.84 Å². The predicted molar refractivity (Wildman–Crippen MR) is 90.8 cm³/mol. The van der Waals surface area contributed by atoms with Crippen LogP contribution in [0.15, 0.2) is 36.9 Å². The quantitative estimate of drug-likeness (QED) is 0.793. The molecule has 1 aliphatic rings. The van der Waals surface area contributed by atoms with Gasteiger partial charge in [0.2, 0.25) is 5.88 Å². The van der Waals surface area contributed by atoms with Crippen molar-refractivity contribution >= 4 is 5.82 Å². The monoisotopic (exact) mass is 329 g/mol. The molecular formula is C17H23N5O2. The fraction of sp³-hybridized carbons (Fsp3) is 0.471. The van der Waals surface area contributed by atoms with Crippen LogP contribution in [0.5, 0.6) is 5.88 Å². The number of pyridine rings is 1. The average Bonchev–Trinajstić information content (AvgIpc) is 3.00. The summed E-state index contributed by atoms with van der Waals surface area (Å²) in [7, 11) is 2.15. The number of rotatable bonds is 7. The zero-order chi connectivity index (χ0) is 16.8.